The van der Waals surface area contributed by atoms with Crippen LogP contribution in [0.4, 0.5) is 16.2 Å². The van der Waals surface area contributed by atoms with Crippen molar-refractivity contribution >= 4 is 23.4 Å². The topological polar surface area (TPSA) is 61.9 Å². The molecule has 6 heteroatoms. The maximum Gasteiger partial charge on any atom is 0.411 e. The van der Waals surface area contributed by atoms with Crippen LogP contribution in [0.2, 0.25) is 0 Å². The smallest absolute Gasteiger partial charge is 0.411 e. The van der Waals surface area contributed by atoms with Gasteiger partial charge >= 0.3 is 6.09 Å². The van der Waals surface area contributed by atoms with Crippen molar-refractivity contribution in [3.8, 4) is 0 Å². The number of benzene rings is 2. The van der Waals surface area contributed by atoms with Gasteiger partial charge in [0.05, 0.1) is 6.61 Å². The number of para-hydroxylation sites is 1. The molecule has 1 fully saturated rings. The summed E-state index contributed by atoms with van der Waals surface area (Å²) in [5.41, 5.74) is 3.56. The second kappa shape index (κ2) is 9.96. The first-order valence-electron chi connectivity index (χ1n) is 10.2. The molecule has 0 radical (unpaired) electrons. The van der Waals surface area contributed by atoms with Crippen LogP contribution in [-0.4, -0.2) is 43.6 Å². The molecule has 1 aliphatic rings. The number of amides is 2. The van der Waals surface area contributed by atoms with Gasteiger partial charge in [-0.25, -0.2) is 4.79 Å². The Bertz CT molecular complexity index is 830. The van der Waals surface area contributed by atoms with Crippen LogP contribution in [0, 0.1) is 0 Å². The highest BCUT2D eigenvalue weighted by Gasteiger charge is 2.17. The van der Waals surface area contributed by atoms with Crippen molar-refractivity contribution in [2.45, 2.75) is 32.7 Å². The third kappa shape index (κ3) is 5.50. The van der Waals surface area contributed by atoms with Crippen molar-refractivity contribution in [3.63, 3.8) is 0 Å². The first-order chi connectivity index (χ1) is 14.1. The zero-order chi connectivity index (χ0) is 20.6. The highest BCUT2D eigenvalue weighted by Crippen LogP contribution is 2.25. The van der Waals surface area contributed by atoms with Crippen LogP contribution in [0.1, 0.15) is 42.1 Å². The molecular weight excluding hydrogens is 366 g/mol. The van der Waals surface area contributed by atoms with Crippen LogP contribution in [0.5, 0.6) is 0 Å². The third-order valence-electron chi connectivity index (χ3n) is 5.10. The zero-order valence-corrected chi connectivity index (χ0v) is 17.2. The summed E-state index contributed by atoms with van der Waals surface area (Å²) in [5, 5.41) is 2.63. The van der Waals surface area contributed by atoms with E-state index < -0.39 is 6.09 Å². The normalized spacial score (nSPS) is 13.7. The van der Waals surface area contributed by atoms with Gasteiger partial charge in [-0.05, 0) is 62.1 Å². The molecule has 1 aliphatic heterocycles. The van der Waals surface area contributed by atoms with Gasteiger partial charge < -0.3 is 14.5 Å². The number of carbonyl (C=O) groups is 2. The van der Waals surface area contributed by atoms with Crippen molar-refractivity contribution in [2.24, 2.45) is 0 Å². The number of ether oxygens (including phenoxy) is 1. The van der Waals surface area contributed by atoms with E-state index in [1.54, 1.807) is 36.1 Å². The van der Waals surface area contributed by atoms with Gasteiger partial charge in [-0.1, -0.05) is 18.2 Å². The number of piperidine rings is 1. The van der Waals surface area contributed by atoms with E-state index >= 15 is 0 Å². The van der Waals surface area contributed by atoms with Crippen LogP contribution < -0.4 is 10.2 Å². The molecule has 0 bridgehead atoms. The lowest BCUT2D eigenvalue weighted by atomic mass is 10.1. The third-order valence-corrected chi connectivity index (χ3v) is 5.10. The fourth-order valence-electron chi connectivity index (χ4n) is 3.62. The lowest BCUT2D eigenvalue weighted by Gasteiger charge is -2.31. The average molecular weight is 396 g/mol. The molecule has 2 amide bonds. The number of hydrogen-bond donors (Lipinski definition) is 1. The predicted molar refractivity (Wildman–Crippen MR) is 115 cm³/mol. The minimum atomic E-state index is -0.502. The summed E-state index contributed by atoms with van der Waals surface area (Å²) in [7, 11) is 1.82. The molecule has 0 aromatic heterocycles. The molecule has 6 nitrogen and oxygen atoms in total. The minimum Gasteiger partial charge on any atom is -0.450 e. The van der Waals surface area contributed by atoms with E-state index in [0.717, 1.165) is 18.7 Å². The van der Waals surface area contributed by atoms with Crippen LogP contribution in [0.25, 0.3) is 0 Å². The Morgan fingerprint density at radius 3 is 2.41 bits per heavy atom. The van der Waals surface area contributed by atoms with Crippen LogP contribution in [0.15, 0.2) is 48.5 Å². The Morgan fingerprint density at radius 1 is 1.03 bits per heavy atom. The van der Waals surface area contributed by atoms with Gasteiger partial charge in [0.25, 0.3) is 5.91 Å². The Morgan fingerprint density at radius 2 is 1.72 bits per heavy atom. The maximum absolute atomic E-state index is 12.9. The number of nitrogens with zero attached hydrogens (tertiary/aromatic N) is 2. The second-order valence-electron chi connectivity index (χ2n) is 7.26. The number of anilines is 2. The van der Waals surface area contributed by atoms with Gasteiger partial charge in [0.2, 0.25) is 0 Å². The number of rotatable bonds is 6. The molecule has 0 unspecified atom stereocenters. The molecule has 0 spiro atoms. The van der Waals surface area contributed by atoms with Crippen LogP contribution in [-0.2, 0) is 11.3 Å². The fraction of sp³-hybridized carbons (Fsp3) is 0.391. The van der Waals surface area contributed by atoms with E-state index in [0.29, 0.717) is 24.4 Å². The molecule has 3 rings (SSSR count). The van der Waals surface area contributed by atoms with E-state index in [1.807, 2.05) is 13.1 Å². The largest absolute Gasteiger partial charge is 0.450 e. The number of nitrogens with one attached hydrogen (secondary N) is 1. The summed E-state index contributed by atoms with van der Waals surface area (Å²) < 4.78 is 4.86. The van der Waals surface area contributed by atoms with E-state index in [4.69, 9.17) is 4.74 Å². The van der Waals surface area contributed by atoms with Crippen LogP contribution >= 0.6 is 0 Å². The highest BCUT2D eigenvalue weighted by atomic mass is 16.5. The van der Waals surface area contributed by atoms with Crippen molar-refractivity contribution < 1.29 is 14.3 Å². The summed E-state index contributed by atoms with van der Waals surface area (Å²) in [5.74, 6) is -0.0545. The van der Waals surface area contributed by atoms with Gasteiger partial charge in [-0.3, -0.25) is 10.1 Å². The Kier molecular flexibility index (Phi) is 7.11. The van der Waals surface area contributed by atoms with Gasteiger partial charge in [0.15, 0.2) is 0 Å². The van der Waals surface area contributed by atoms with E-state index in [2.05, 4.69) is 28.4 Å². The molecule has 1 heterocycles. The summed E-state index contributed by atoms with van der Waals surface area (Å²) in [6.45, 7) is 4.76. The lowest BCUT2D eigenvalue weighted by Crippen LogP contribution is -2.32. The number of carbonyl (C=O) groups excluding carboxylic acids is 2. The Hall–Kier alpha value is -3.02. The van der Waals surface area contributed by atoms with Crippen molar-refractivity contribution in [1.29, 1.82) is 0 Å². The molecule has 0 saturated carbocycles. The summed E-state index contributed by atoms with van der Waals surface area (Å²) >= 11 is 0. The first kappa shape index (κ1) is 20.7. The van der Waals surface area contributed by atoms with Gasteiger partial charge in [0.1, 0.15) is 0 Å². The van der Waals surface area contributed by atoms with Crippen molar-refractivity contribution in [2.75, 3.05) is 37.0 Å². The number of hydrogen-bond acceptors (Lipinski definition) is 4. The predicted octanol–water partition coefficient (Wildman–Crippen LogP) is 4.52. The molecule has 154 valence electrons. The lowest BCUT2D eigenvalue weighted by molar-refractivity contribution is 0.0785. The molecule has 0 aliphatic carbocycles. The fourth-order valence-corrected chi connectivity index (χ4v) is 3.62. The van der Waals surface area contributed by atoms with Gasteiger partial charge in [-0.2, -0.15) is 0 Å². The molecular formula is C23H29N3O3. The molecule has 2 aromatic carbocycles. The van der Waals surface area contributed by atoms with Gasteiger partial charge in [0, 0.05) is 43.6 Å². The van der Waals surface area contributed by atoms with E-state index in [9.17, 15) is 9.59 Å². The SMILES string of the molecule is CCOC(=O)Nc1ccc(C(=O)N(C)Cc2ccccc2N2CCCCC2)cc1. The second-order valence-corrected chi connectivity index (χ2v) is 7.26. The minimum absolute atomic E-state index is 0.0545. The molecule has 1 saturated heterocycles. The monoisotopic (exact) mass is 395 g/mol. The standard InChI is InChI=1S/C23H29N3O3/c1-3-29-23(28)24-20-13-11-18(12-14-20)22(27)25(2)17-19-9-5-6-10-21(19)26-15-7-4-8-16-26/h5-6,9-14H,3-4,7-8,15-17H2,1-2H3,(H,24,28). The molecule has 2 aromatic rings. The summed E-state index contributed by atoms with van der Waals surface area (Å²) in [4.78, 5) is 28.5. The average Bonchev–Trinajstić information content (AvgIpc) is 2.75. The van der Waals surface area contributed by atoms with Crippen molar-refractivity contribution in [1.82, 2.24) is 4.90 Å². The van der Waals surface area contributed by atoms with E-state index in [1.165, 1.54) is 24.9 Å². The van der Waals surface area contributed by atoms with E-state index in [-0.39, 0.29) is 5.91 Å². The highest BCUT2D eigenvalue weighted by molar-refractivity contribution is 5.95. The Balaban J connectivity index is 1.66. The molecule has 0 atom stereocenters. The molecule has 1 N–H and O–H groups in total. The summed E-state index contributed by atoms with van der Waals surface area (Å²) in [6, 6.07) is 15.2. The van der Waals surface area contributed by atoms with Crippen LogP contribution in [0.3, 0.4) is 0 Å². The Labute approximate surface area is 172 Å². The zero-order valence-electron chi connectivity index (χ0n) is 17.2. The van der Waals surface area contributed by atoms with Gasteiger partial charge in [-0.15, -0.1) is 0 Å². The quantitative estimate of drug-likeness (QED) is 0.781. The van der Waals surface area contributed by atoms with Crippen molar-refractivity contribution in [3.05, 3.63) is 59.7 Å². The molecule has 29 heavy (non-hydrogen) atoms. The summed E-state index contributed by atoms with van der Waals surface area (Å²) in [6.07, 6.45) is 3.22. The first-order valence-corrected chi connectivity index (χ1v) is 10.2. The maximum atomic E-state index is 12.9.